The summed E-state index contributed by atoms with van der Waals surface area (Å²) in [5.41, 5.74) is 1.75. The van der Waals surface area contributed by atoms with Crippen molar-refractivity contribution >= 4 is 32.1 Å². The van der Waals surface area contributed by atoms with Gasteiger partial charge in [-0.1, -0.05) is 0 Å². The van der Waals surface area contributed by atoms with Crippen LogP contribution in [0.2, 0.25) is 0 Å². The van der Waals surface area contributed by atoms with Crippen molar-refractivity contribution in [2.24, 2.45) is 0 Å². The van der Waals surface area contributed by atoms with Gasteiger partial charge >= 0.3 is 115 Å². The molecular weight excluding hydrogens is 312 g/mol. The fraction of sp³-hybridized carbons (Fsp3) is 0.0714. The Morgan fingerprint density at radius 3 is 2.95 bits per heavy atom. The van der Waals surface area contributed by atoms with Gasteiger partial charge in [0.2, 0.25) is 0 Å². The van der Waals surface area contributed by atoms with Crippen molar-refractivity contribution in [2.75, 3.05) is 11.9 Å². The number of fused-ring (bicyclic) bond motifs is 1. The molecule has 0 atom stereocenters. The van der Waals surface area contributed by atoms with Crippen LogP contribution in [0.5, 0.6) is 0 Å². The van der Waals surface area contributed by atoms with Gasteiger partial charge in [0.15, 0.2) is 0 Å². The van der Waals surface area contributed by atoms with Crippen LogP contribution in [0.1, 0.15) is 5.56 Å². The van der Waals surface area contributed by atoms with E-state index in [1.165, 1.54) is 12.1 Å². The van der Waals surface area contributed by atoms with E-state index in [1.54, 1.807) is 12.1 Å². The average Bonchev–Trinajstić information content (AvgIpc) is 2.96. The number of aliphatic hydroxyl groups excluding tert-OH is 1. The van der Waals surface area contributed by atoms with Gasteiger partial charge < -0.3 is 0 Å². The van der Waals surface area contributed by atoms with Gasteiger partial charge in [0, 0.05) is 0 Å². The average molecular weight is 324 g/mol. The van der Waals surface area contributed by atoms with Gasteiger partial charge in [0.25, 0.3) is 0 Å². The third-order valence-electron chi connectivity index (χ3n) is 3.00. The van der Waals surface area contributed by atoms with Gasteiger partial charge in [-0.05, 0) is 0 Å². The fourth-order valence-corrected chi connectivity index (χ4v) is 4.19. The molecule has 0 radical (unpaired) electrons. The first-order valence-corrected chi connectivity index (χ1v) is 7.89. The Morgan fingerprint density at radius 2 is 2.21 bits per heavy atom. The van der Waals surface area contributed by atoms with Crippen LogP contribution in [0, 0.1) is 5.82 Å². The Bertz CT molecular complexity index is 661. The standard InChI is InChI=1S/C14H12FNO2Se/c15-8-1-4-13-11(5-8)12(14(18)16-13)6-9-2-3-10(7-17)19-9/h1-6,17H,7,19H2,(H,16,18)/b12-6-. The molecule has 0 saturated carbocycles. The number of halogens is 1. The molecule has 0 aromatic heterocycles. The molecule has 1 aromatic carbocycles. The Hall–Kier alpha value is -1.68. The van der Waals surface area contributed by atoms with Crippen molar-refractivity contribution < 1.29 is 14.3 Å². The molecular formula is C14H12FNO2Se. The van der Waals surface area contributed by atoms with E-state index in [9.17, 15) is 9.18 Å². The number of rotatable bonds is 2. The summed E-state index contributed by atoms with van der Waals surface area (Å²) in [6, 6.07) is 4.27. The summed E-state index contributed by atoms with van der Waals surface area (Å²) in [7, 11) is 0. The van der Waals surface area contributed by atoms with Crippen LogP contribution in [0.25, 0.3) is 5.57 Å². The SMILES string of the molecule is O=C1Nc2ccc(F)cc2/C1=C/C1=CC=C(CO)[SeH2]1. The van der Waals surface area contributed by atoms with Crippen LogP contribution in [-0.2, 0) is 4.79 Å². The van der Waals surface area contributed by atoms with Crippen molar-refractivity contribution in [2.45, 2.75) is 0 Å². The number of amides is 1. The summed E-state index contributed by atoms with van der Waals surface area (Å²) < 4.78 is 15.4. The third kappa shape index (κ3) is 2.28. The first kappa shape index (κ1) is 12.4. The normalized spacial score (nSPS) is 21.4. The van der Waals surface area contributed by atoms with E-state index in [1.807, 2.05) is 12.2 Å². The van der Waals surface area contributed by atoms with Gasteiger partial charge in [-0.15, -0.1) is 0 Å². The molecule has 3 rings (SSSR count). The quantitative estimate of drug-likeness (QED) is 0.632. The van der Waals surface area contributed by atoms with Gasteiger partial charge in [0.1, 0.15) is 0 Å². The van der Waals surface area contributed by atoms with Crippen molar-refractivity contribution in [3.63, 3.8) is 0 Å². The minimum absolute atomic E-state index is 0.0700. The van der Waals surface area contributed by atoms with Gasteiger partial charge in [0.05, 0.1) is 0 Å². The number of aliphatic hydroxyl groups is 1. The molecule has 98 valence electrons. The van der Waals surface area contributed by atoms with Crippen molar-refractivity contribution in [1.82, 2.24) is 0 Å². The van der Waals surface area contributed by atoms with Gasteiger partial charge in [-0.2, -0.15) is 0 Å². The molecule has 3 nitrogen and oxygen atoms in total. The van der Waals surface area contributed by atoms with E-state index in [2.05, 4.69) is 5.32 Å². The topological polar surface area (TPSA) is 49.3 Å². The van der Waals surface area contributed by atoms with E-state index >= 15 is 0 Å². The number of benzene rings is 1. The minimum atomic E-state index is -0.543. The molecule has 5 heteroatoms. The fourth-order valence-electron chi connectivity index (χ4n) is 2.09. The molecule has 2 heterocycles. The zero-order chi connectivity index (χ0) is 13.4. The molecule has 1 aromatic rings. The molecule has 2 aliphatic heterocycles. The van der Waals surface area contributed by atoms with Crippen LogP contribution in [0.15, 0.2) is 45.4 Å². The number of allylic oxidation sites excluding steroid dienone is 4. The molecule has 1 amide bonds. The van der Waals surface area contributed by atoms with Crippen molar-refractivity contribution in [3.8, 4) is 0 Å². The second kappa shape index (κ2) is 4.78. The molecule has 0 saturated heterocycles. The van der Waals surface area contributed by atoms with Crippen LogP contribution in [0.4, 0.5) is 10.1 Å². The number of hydrogen-bond acceptors (Lipinski definition) is 2. The van der Waals surface area contributed by atoms with Crippen LogP contribution < -0.4 is 5.32 Å². The summed E-state index contributed by atoms with van der Waals surface area (Å²) in [4.78, 5) is 11.9. The predicted molar refractivity (Wildman–Crippen MR) is 74.8 cm³/mol. The molecule has 0 fully saturated rings. The molecule has 0 spiro atoms. The first-order chi connectivity index (χ1) is 9.17. The molecule has 0 unspecified atom stereocenters. The molecule has 2 N–H and O–H groups in total. The van der Waals surface area contributed by atoms with Gasteiger partial charge in [-0.3, -0.25) is 0 Å². The Morgan fingerprint density at radius 1 is 1.37 bits per heavy atom. The molecule has 2 aliphatic rings. The molecule has 0 aliphatic carbocycles. The zero-order valence-electron chi connectivity index (χ0n) is 9.90. The second-order valence-corrected chi connectivity index (χ2v) is 7.38. The van der Waals surface area contributed by atoms with E-state index in [4.69, 9.17) is 5.11 Å². The summed E-state index contributed by atoms with van der Waals surface area (Å²) in [6.45, 7) is 0.0700. The van der Waals surface area contributed by atoms with Crippen molar-refractivity contribution in [3.05, 3.63) is 56.8 Å². The molecule has 19 heavy (non-hydrogen) atoms. The summed E-state index contributed by atoms with van der Waals surface area (Å²) in [6.07, 6.45) is 5.62. The summed E-state index contributed by atoms with van der Waals surface area (Å²) >= 11 is -0.543. The monoisotopic (exact) mass is 325 g/mol. The predicted octanol–water partition coefficient (Wildman–Crippen LogP) is 1.10. The van der Waals surface area contributed by atoms with E-state index in [0.29, 0.717) is 16.8 Å². The number of nitrogens with one attached hydrogen (secondary N) is 1. The Kier molecular flexibility index (Phi) is 3.11. The maximum atomic E-state index is 13.3. The maximum absolute atomic E-state index is 13.3. The summed E-state index contributed by atoms with van der Waals surface area (Å²) in [5.74, 6) is -0.558. The van der Waals surface area contributed by atoms with Crippen LogP contribution in [0.3, 0.4) is 0 Å². The third-order valence-corrected chi connectivity index (χ3v) is 5.62. The van der Waals surface area contributed by atoms with E-state index in [-0.39, 0.29) is 18.3 Å². The molecule has 0 bridgehead atoms. The number of carbonyl (C=O) groups excluding carboxylic acids is 1. The number of anilines is 1. The van der Waals surface area contributed by atoms with Crippen LogP contribution in [-0.4, -0.2) is 32.6 Å². The zero-order valence-corrected chi connectivity index (χ0v) is 12.0. The number of hydrogen-bond donors (Lipinski definition) is 2. The summed E-state index contributed by atoms with van der Waals surface area (Å²) in [5, 5.41) is 11.8. The van der Waals surface area contributed by atoms with Gasteiger partial charge in [-0.25, -0.2) is 0 Å². The van der Waals surface area contributed by atoms with E-state index in [0.717, 1.165) is 8.94 Å². The first-order valence-electron chi connectivity index (χ1n) is 5.79. The Balaban J connectivity index is 1.95. The van der Waals surface area contributed by atoms with E-state index < -0.39 is 15.0 Å². The second-order valence-electron chi connectivity index (χ2n) is 4.30. The van der Waals surface area contributed by atoms with Crippen LogP contribution >= 0.6 is 0 Å². The van der Waals surface area contributed by atoms with Crippen molar-refractivity contribution in [1.29, 1.82) is 0 Å². The number of carbonyl (C=O) groups is 1. The Labute approximate surface area is 115 Å².